The number of nitrogens with two attached hydrogens (primary N) is 1. The number of aromatic hydroxyl groups is 1. The molecular weight excluding hydrogens is 211 g/mol. The number of hydrogen-bond acceptors (Lipinski definition) is 3. The Labute approximate surface area is 93.3 Å². The van der Waals surface area contributed by atoms with Gasteiger partial charge in [-0.15, -0.1) is 0 Å². The lowest BCUT2D eigenvalue weighted by Gasteiger charge is -2.13. The van der Waals surface area contributed by atoms with Crippen LogP contribution in [0.3, 0.4) is 0 Å². The highest BCUT2D eigenvalue weighted by Gasteiger charge is 2.13. The average Bonchev–Trinajstić information content (AvgIpc) is 2.17. The van der Waals surface area contributed by atoms with Crippen LogP contribution in [0.2, 0.25) is 0 Å². The number of carbonyl (C=O) groups is 1. The number of rotatable bonds is 4. The normalized spacial score (nSPS) is 12.2. The van der Waals surface area contributed by atoms with Crippen molar-refractivity contribution >= 4 is 5.91 Å². The predicted molar refractivity (Wildman–Crippen MR) is 58.7 cm³/mol. The van der Waals surface area contributed by atoms with Gasteiger partial charge in [0.1, 0.15) is 11.6 Å². The van der Waals surface area contributed by atoms with Gasteiger partial charge in [-0.1, -0.05) is 0 Å². The van der Waals surface area contributed by atoms with Gasteiger partial charge in [-0.3, -0.25) is 4.79 Å². The quantitative estimate of drug-likeness (QED) is 0.717. The Morgan fingerprint density at radius 1 is 1.62 bits per heavy atom. The molecule has 4 nitrogen and oxygen atoms in total. The highest BCUT2D eigenvalue weighted by molar-refractivity contribution is 5.96. The van der Waals surface area contributed by atoms with Gasteiger partial charge in [0.2, 0.25) is 0 Å². The fourth-order valence-corrected chi connectivity index (χ4v) is 1.32. The minimum Gasteiger partial charge on any atom is -0.507 e. The number of carbonyl (C=O) groups excluding carboxylic acids is 1. The molecule has 5 heteroatoms. The first-order valence-electron chi connectivity index (χ1n) is 5.04. The van der Waals surface area contributed by atoms with E-state index in [1.807, 2.05) is 6.92 Å². The Hall–Kier alpha value is -1.62. The van der Waals surface area contributed by atoms with Crippen molar-refractivity contribution in [1.29, 1.82) is 0 Å². The van der Waals surface area contributed by atoms with Gasteiger partial charge in [-0.05, 0) is 32.0 Å². The zero-order chi connectivity index (χ0) is 12.1. The second kappa shape index (κ2) is 5.46. The molecule has 0 bridgehead atoms. The Morgan fingerprint density at radius 2 is 2.31 bits per heavy atom. The number of benzene rings is 1. The van der Waals surface area contributed by atoms with Crippen LogP contribution >= 0.6 is 0 Å². The first-order valence-corrected chi connectivity index (χ1v) is 5.04. The Bertz CT molecular complexity index is 382. The summed E-state index contributed by atoms with van der Waals surface area (Å²) in [5.41, 5.74) is 5.40. The molecule has 0 fully saturated rings. The van der Waals surface area contributed by atoms with Crippen LogP contribution in [-0.2, 0) is 0 Å². The highest BCUT2D eigenvalue weighted by atomic mass is 19.1. The maximum atomic E-state index is 12.7. The second-order valence-electron chi connectivity index (χ2n) is 3.61. The molecule has 1 atom stereocenters. The Morgan fingerprint density at radius 3 is 2.88 bits per heavy atom. The number of amides is 1. The minimum absolute atomic E-state index is 0.0604. The molecule has 16 heavy (non-hydrogen) atoms. The zero-order valence-corrected chi connectivity index (χ0v) is 9.03. The molecule has 1 unspecified atom stereocenters. The van der Waals surface area contributed by atoms with Crippen molar-refractivity contribution in [3.63, 3.8) is 0 Å². The van der Waals surface area contributed by atoms with Crippen LogP contribution in [0.15, 0.2) is 18.2 Å². The first-order chi connectivity index (χ1) is 7.54. The summed E-state index contributed by atoms with van der Waals surface area (Å²) in [7, 11) is 0. The van der Waals surface area contributed by atoms with Gasteiger partial charge in [-0.2, -0.15) is 0 Å². The summed E-state index contributed by atoms with van der Waals surface area (Å²) >= 11 is 0. The van der Waals surface area contributed by atoms with Crippen LogP contribution in [0.25, 0.3) is 0 Å². The molecular formula is C11H15FN2O2. The smallest absolute Gasteiger partial charge is 0.255 e. The topological polar surface area (TPSA) is 75.3 Å². The largest absolute Gasteiger partial charge is 0.507 e. The summed E-state index contributed by atoms with van der Waals surface area (Å²) in [5.74, 6) is -1.38. The van der Waals surface area contributed by atoms with Gasteiger partial charge in [-0.25, -0.2) is 4.39 Å². The molecule has 0 aliphatic heterocycles. The molecule has 88 valence electrons. The number of halogens is 1. The molecule has 0 radical (unpaired) electrons. The summed E-state index contributed by atoms with van der Waals surface area (Å²) in [6.45, 7) is 2.28. The minimum atomic E-state index is -0.580. The van der Waals surface area contributed by atoms with Crippen LogP contribution < -0.4 is 11.1 Å². The molecule has 0 heterocycles. The lowest BCUT2D eigenvalue weighted by atomic mass is 10.1. The lowest BCUT2D eigenvalue weighted by molar-refractivity contribution is 0.0936. The van der Waals surface area contributed by atoms with Crippen molar-refractivity contribution in [3.05, 3.63) is 29.6 Å². The third-order valence-electron chi connectivity index (χ3n) is 2.18. The Balaban J connectivity index is 2.73. The lowest BCUT2D eigenvalue weighted by Crippen LogP contribution is -2.34. The third kappa shape index (κ3) is 3.20. The van der Waals surface area contributed by atoms with Gasteiger partial charge in [0, 0.05) is 12.1 Å². The van der Waals surface area contributed by atoms with Gasteiger partial charge in [0.15, 0.2) is 0 Å². The standard InChI is InChI=1S/C11H15FN2O2/c1-7(4-5-13)14-11(16)9-3-2-8(12)6-10(9)15/h2-3,6-7,15H,4-5,13H2,1H3,(H,14,16). The van der Waals surface area contributed by atoms with E-state index < -0.39 is 11.7 Å². The molecule has 0 spiro atoms. The van der Waals surface area contributed by atoms with E-state index in [1.165, 1.54) is 6.07 Å². The summed E-state index contributed by atoms with van der Waals surface area (Å²) < 4.78 is 12.7. The van der Waals surface area contributed by atoms with E-state index in [0.29, 0.717) is 13.0 Å². The third-order valence-corrected chi connectivity index (χ3v) is 2.18. The van der Waals surface area contributed by atoms with E-state index >= 15 is 0 Å². The van der Waals surface area contributed by atoms with E-state index in [9.17, 15) is 14.3 Å². The maximum absolute atomic E-state index is 12.7. The fraction of sp³-hybridized carbons (Fsp3) is 0.364. The molecule has 1 rings (SSSR count). The molecule has 1 aromatic rings. The van der Waals surface area contributed by atoms with E-state index in [-0.39, 0.29) is 17.4 Å². The van der Waals surface area contributed by atoms with Crippen LogP contribution in [0, 0.1) is 5.82 Å². The van der Waals surface area contributed by atoms with E-state index in [4.69, 9.17) is 5.73 Å². The number of phenolic OH excluding ortho intramolecular Hbond substituents is 1. The van der Waals surface area contributed by atoms with Crippen molar-refractivity contribution in [2.75, 3.05) is 6.54 Å². The number of phenols is 1. The SMILES string of the molecule is CC(CCN)NC(=O)c1ccc(F)cc1O. The predicted octanol–water partition coefficient (Wildman–Crippen LogP) is 0.998. The van der Waals surface area contributed by atoms with Crippen molar-refractivity contribution in [2.45, 2.75) is 19.4 Å². The molecule has 0 saturated carbocycles. The van der Waals surface area contributed by atoms with E-state index in [1.54, 1.807) is 0 Å². The van der Waals surface area contributed by atoms with Crippen molar-refractivity contribution < 1.29 is 14.3 Å². The van der Waals surface area contributed by atoms with Gasteiger partial charge >= 0.3 is 0 Å². The molecule has 0 aliphatic rings. The fourth-order valence-electron chi connectivity index (χ4n) is 1.32. The summed E-state index contributed by atoms with van der Waals surface area (Å²) in [5, 5.41) is 12.0. The molecule has 4 N–H and O–H groups in total. The average molecular weight is 226 g/mol. The zero-order valence-electron chi connectivity index (χ0n) is 9.03. The van der Waals surface area contributed by atoms with Crippen LogP contribution in [0.5, 0.6) is 5.75 Å². The van der Waals surface area contributed by atoms with Crippen molar-refractivity contribution in [1.82, 2.24) is 5.32 Å². The Kier molecular flexibility index (Phi) is 4.25. The monoisotopic (exact) mass is 226 g/mol. The van der Waals surface area contributed by atoms with Gasteiger partial charge < -0.3 is 16.2 Å². The summed E-state index contributed by atoms with van der Waals surface area (Å²) in [6.07, 6.45) is 0.647. The van der Waals surface area contributed by atoms with E-state index in [2.05, 4.69) is 5.32 Å². The molecule has 1 aromatic carbocycles. The molecule has 1 amide bonds. The van der Waals surface area contributed by atoms with Crippen molar-refractivity contribution in [3.8, 4) is 5.75 Å². The number of hydrogen-bond donors (Lipinski definition) is 3. The molecule has 0 aliphatic carbocycles. The van der Waals surface area contributed by atoms with Crippen molar-refractivity contribution in [2.24, 2.45) is 5.73 Å². The van der Waals surface area contributed by atoms with Gasteiger partial charge in [0.05, 0.1) is 5.56 Å². The van der Waals surface area contributed by atoms with E-state index in [0.717, 1.165) is 12.1 Å². The highest BCUT2D eigenvalue weighted by Crippen LogP contribution is 2.17. The van der Waals surface area contributed by atoms with Crippen LogP contribution in [0.4, 0.5) is 4.39 Å². The summed E-state index contributed by atoms with van der Waals surface area (Å²) in [4.78, 5) is 11.6. The van der Waals surface area contributed by atoms with Crippen LogP contribution in [0.1, 0.15) is 23.7 Å². The second-order valence-corrected chi connectivity index (χ2v) is 3.61. The van der Waals surface area contributed by atoms with Crippen LogP contribution in [-0.4, -0.2) is 23.6 Å². The maximum Gasteiger partial charge on any atom is 0.255 e. The molecule has 0 aromatic heterocycles. The summed E-state index contributed by atoms with van der Waals surface area (Å²) in [6, 6.07) is 3.20. The number of nitrogens with one attached hydrogen (secondary N) is 1. The molecule has 0 saturated heterocycles. The van der Waals surface area contributed by atoms with Gasteiger partial charge in [0.25, 0.3) is 5.91 Å². The first kappa shape index (κ1) is 12.4.